The second-order valence-electron chi connectivity index (χ2n) is 12.8. The van der Waals surface area contributed by atoms with Gasteiger partial charge in [0.1, 0.15) is 41.7 Å². The zero-order valence-electron chi connectivity index (χ0n) is 25.2. The molecule has 3 aromatic rings. The Hall–Kier alpha value is -4.52. The van der Waals surface area contributed by atoms with Gasteiger partial charge >= 0.3 is 0 Å². The molecule has 0 radical (unpaired) electrons. The molecule has 2 fully saturated rings. The van der Waals surface area contributed by atoms with Crippen molar-refractivity contribution < 1.29 is 37.0 Å². The van der Waals surface area contributed by atoms with Gasteiger partial charge in [-0.2, -0.15) is 5.10 Å². The monoisotopic (exact) mass is 635 g/mol. The second-order valence-corrected chi connectivity index (χ2v) is 12.8. The Morgan fingerprint density at radius 1 is 1.22 bits per heavy atom. The molecule has 7 rings (SSSR count). The largest absolute Gasteiger partial charge is 0.489 e. The molecular weight excluding hydrogens is 603 g/mol. The number of carbonyl (C=O) groups excluding carboxylic acids is 3. The number of aromatic nitrogens is 3. The average Bonchev–Trinajstić information content (AvgIpc) is 3.99. The van der Waals surface area contributed by atoms with Crippen molar-refractivity contribution in [1.82, 2.24) is 20.1 Å². The van der Waals surface area contributed by atoms with Gasteiger partial charge in [-0.1, -0.05) is 0 Å². The van der Waals surface area contributed by atoms with Crippen molar-refractivity contribution in [2.45, 2.75) is 62.0 Å². The standard InChI is InChI=1S/C33H32F3N5O5/c1-32(31(37)44)15-46-29-20(32)11-24(39-28(29)25-21(34)7-8-22(35)26(25)36)33(14-42,18-3-4-18)13-38-30(43)16-9-17-12-41(19-5-6-19)40-27(17)23(10-16)45-2/h7-9,11-12,14,18-19,23H,3-6,10,13,15H2,1-2H3,(H2,37,44)(H,38,43)/t23?,32-,33+/m0/s1. The summed E-state index contributed by atoms with van der Waals surface area (Å²) in [4.78, 5) is 43.9. The Bertz CT molecular complexity index is 1830. The van der Waals surface area contributed by atoms with E-state index in [-0.39, 0.29) is 42.5 Å². The van der Waals surface area contributed by atoms with Gasteiger partial charge < -0.3 is 25.3 Å². The summed E-state index contributed by atoms with van der Waals surface area (Å²) in [7, 11) is 1.56. The summed E-state index contributed by atoms with van der Waals surface area (Å²) in [6, 6.07) is 3.23. The Labute approximate surface area is 262 Å². The van der Waals surface area contributed by atoms with E-state index >= 15 is 8.78 Å². The highest BCUT2D eigenvalue weighted by molar-refractivity contribution is 5.99. The minimum absolute atomic E-state index is 0.0560. The quantitative estimate of drug-likeness (QED) is 0.254. The van der Waals surface area contributed by atoms with Crippen LogP contribution in [0.2, 0.25) is 0 Å². The molecule has 0 saturated heterocycles. The van der Waals surface area contributed by atoms with Crippen molar-refractivity contribution in [3.8, 4) is 17.0 Å². The van der Waals surface area contributed by atoms with E-state index in [1.807, 2.05) is 10.9 Å². The maximum atomic E-state index is 15.2. The fourth-order valence-electron chi connectivity index (χ4n) is 6.52. The molecule has 10 nitrogen and oxygen atoms in total. The minimum atomic E-state index is -1.50. The predicted molar refractivity (Wildman–Crippen MR) is 158 cm³/mol. The van der Waals surface area contributed by atoms with Crippen LogP contribution in [0.15, 0.2) is 30.0 Å². The first-order chi connectivity index (χ1) is 22.0. The highest BCUT2D eigenvalue weighted by Gasteiger charge is 2.51. The molecule has 0 spiro atoms. The molecular formula is C33H32F3N5O5. The van der Waals surface area contributed by atoms with E-state index in [0.717, 1.165) is 30.2 Å². The Balaban J connectivity index is 1.28. The lowest BCUT2D eigenvalue weighted by molar-refractivity contribution is -0.123. The molecule has 2 aromatic heterocycles. The number of methoxy groups -OCH3 is 1. The summed E-state index contributed by atoms with van der Waals surface area (Å²) in [5.41, 5.74) is 3.87. The number of nitrogens with zero attached hydrogens (tertiary/aromatic N) is 3. The molecule has 2 amide bonds. The summed E-state index contributed by atoms with van der Waals surface area (Å²) in [5, 5.41) is 7.56. The number of nitrogens with one attached hydrogen (secondary N) is 1. The maximum Gasteiger partial charge on any atom is 0.247 e. The third-order valence-electron chi connectivity index (χ3n) is 9.76. The van der Waals surface area contributed by atoms with Crippen molar-refractivity contribution in [2.75, 3.05) is 20.3 Å². The number of halogens is 3. The SMILES string of the molecule is COC1CC(C(=O)NC[C@](C=O)(c2cc3c(c(-c4c(F)ccc(F)c4F)n2)OC[C@]3(C)C(N)=O)C2CC2)=Cc2cn(C3CC3)nc21. The van der Waals surface area contributed by atoms with Crippen molar-refractivity contribution in [1.29, 1.82) is 0 Å². The zero-order chi connectivity index (χ0) is 32.5. The molecule has 1 unspecified atom stereocenters. The van der Waals surface area contributed by atoms with Crippen LogP contribution < -0.4 is 15.8 Å². The van der Waals surface area contributed by atoms with E-state index in [2.05, 4.69) is 15.4 Å². The van der Waals surface area contributed by atoms with E-state index in [1.165, 1.54) is 13.0 Å². The third-order valence-corrected chi connectivity index (χ3v) is 9.76. The lowest BCUT2D eigenvalue weighted by atomic mass is 9.76. The molecule has 13 heteroatoms. The number of hydrogen-bond acceptors (Lipinski definition) is 7. The molecule has 3 N–H and O–H groups in total. The number of ether oxygens (including phenoxy) is 2. The zero-order valence-corrected chi connectivity index (χ0v) is 25.2. The van der Waals surface area contributed by atoms with Gasteiger partial charge in [0.25, 0.3) is 0 Å². The first kappa shape index (κ1) is 30.2. The topological polar surface area (TPSA) is 138 Å². The van der Waals surface area contributed by atoms with Crippen LogP contribution in [0.1, 0.15) is 73.7 Å². The number of primary amides is 1. The van der Waals surface area contributed by atoms with Gasteiger partial charge in [0.05, 0.1) is 28.4 Å². The van der Waals surface area contributed by atoms with Crippen molar-refractivity contribution >= 4 is 24.2 Å². The minimum Gasteiger partial charge on any atom is -0.489 e. The van der Waals surface area contributed by atoms with E-state index in [4.69, 9.17) is 15.2 Å². The lowest BCUT2D eigenvalue weighted by Crippen LogP contribution is -2.45. The fraction of sp³-hybridized carbons (Fsp3) is 0.424. The molecule has 1 aliphatic heterocycles. The number of pyridine rings is 1. The normalized spacial score (nSPS) is 23.1. The third kappa shape index (κ3) is 4.70. The van der Waals surface area contributed by atoms with E-state index in [1.54, 1.807) is 13.2 Å². The van der Waals surface area contributed by atoms with E-state index < -0.39 is 57.5 Å². The summed E-state index contributed by atoms with van der Waals surface area (Å²) in [5.74, 6) is -5.53. The molecule has 3 atom stereocenters. The van der Waals surface area contributed by atoms with Crippen LogP contribution in [-0.4, -0.2) is 53.1 Å². The van der Waals surface area contributed by atoms with Gasteiger partial charge in [0.15, 0.2) is 11.6 Å². The summed E-state index contributed by atoms with van der Waals surface area (Å²) >= 11 is 0. The van der Waals surface area contributed by atoms with E-state index in [0.29, 0.717) is 36.8 Å². The number of carbonyl (C=O) groups is 3. The van der Waals surface area contributed by atoms with Gasteiger partial charge in [0, 0.05) is 43.0 Å². The molecule has 0 bridgehead atoms. The maximum absolute atomic E-state index is 15.2. The number of hydrogen-bond donors (Lipinski definition) is 2. The van der Waals surface area contributed by atoms with Crippen LogP contribution in [0, 0.1) is 23.4 Å². The highest BCUT2D eigenvalue weighted by atomic mass is 19.2. The number of aldehydes is 1. The number of rotatable bonds is 10. The van der Waals surface area contributed by atoms with Crippen molar-refractivity contribution in [3.63, 3.8) is 0 Å². The van der Waals surface area contributed by atoms with Crippen LogP contribution in [0.5, 0.6) is 5.75 Å². The Kier molecular flexibility index (Phi) is 7.07. The first-order valence-corrected chi connectivity index (χ1v) is 15.2. The Morgan fingerprint density at radius 3 is 2.61 bits per heavy atom. The number of amides is 2. The summed E-state index contributed by atoms with van der Waals surface area (Å²) in [6.45, 7) is 1.06. The van der Waals surface area contributed by atoms with Crippen LogP contribution in [0.4, 0.5) is 13.2 Å². The molecule has 4 aliphatic rings. The predicted octanol–water partition coefficient (Wildman–Crippen LogP) is 3.97. The van der Waals surface area contributed by atoms with Crippen LogP contribution in [0.3, 0.4) is 0 Å². The summed E-state index contributed by atoms with van der Waals surface area (Å²) in [6.07, 6.45) is 7.51. The van der Waals surface area contributed by atoms with Gasteiger partial charge in [-0.05, 0) is 62.8 Å². The molecule has 1 aromatic carbocycles. The van der Waals surface area contributed by atoms with Crippen LogP contribution in [-0.2, 0) is 30.0 Å². The van der Waals surface area contributed by atoms with Crippen molar-refractivity contribution in [3.05, 3.63) is 69.9 Å². The number of fused-ring (bicyclic) bond motifs is 2. The molecule has 240 valence electrons. The Morgan fingerprint density at radius 2 is 1.96 bits per heavy atom. The molecule has 2 saturated carbocycles. The van der Waals surface area contributed by atoms with Gasteiger partial charge in [-0.15, -0.1) is 0 Å². The smallest absolute Gasteiger partial charge is 0.247 e. The average molecular weight is 636 g/mol. The second kappa shape index (κ2) is 10.8. The van der Waals surface area contributed by atoms with Gasteiger partial charge in [-0.3, -0.25) is 14.3 Å². The fourth-order valence-corrected chi connectivity index (χ4v) is 6.52. The molecule has 46 heavy (non-hydrogen) atoms. The highest BCUT2D eigenvalue weighted by Crippen LogP contribution is 2.51. The number of benzene rings is 1. The molecule has 3 aliphatic carbocycles. The molecule has 3 heterocycles. The lowest BCUT2D eigenvalue weighted by Gasteiger charge is -2.30. The summed E-state index contributed by atoms with van der Waals surface area (Å²) < 4.78 is 58.0. The van der Waals surface area contributed by atoms with Crippen molar-refractivity contribution in [2.24, 2.45) is 11.7 Å². The van der Waals surface area contributed by atoms with Gasteiger partial charge in [0.2, 0.25) is 11.8 Å². The van der Waals surface area contributed by atoms with Crippen LogP contribution >= 0.6 is 0 Å². The van der Waals surface area contributed by atoms with Gasteiger partial charge in [-0.25, -0.2) is 18.2 Å². The van der Waals surface area contributed by atoms with E-state index in [9.17, 15) is 18.8 Å². The van der Waals surface area contributed by atoms with Crippen LogP contribution in [0.25, 0.3) is 17.3 Å². The first-order valence-electron chi connectivity index (χ1n) is 15.2. The number of nitrogens with two attached hydrogens (primary N) is 1.